The maximum absolute atomic E-state index is 5.76. The Morgan fingerprint density at radius 3 is 2.67 bits per heavy atom. The number of amidine groups is 1. The number of hydrogen-bond acceptors (Lipinski definition) is 3. The number of aliphatic imine (C=N–C) groups is 1. The van der Waals surface area contributed by atoms with Crippen LogP contribution in [0, 0.1) is 13.8 Å². The molecule has 0 atom stereocenters. The molecule has 15 heavy (non-hydrogen) atoms. The van der Waals surface area contributed by atoms with Gasteiger partial charge in [0.2, 0.25) is 0 Å². The number of nitrogens with one attached hydrogen (secondary N) is 1. The molecule has 0 unspecified atom stereocenters. The molecule has 1 aliphatic rings. The molecule has 0 fully saturated rings. The third-order valence-corrected chi connectivity index (χ3v) is 2.51. The fourth-order valence-electron chi connectivity index (χ4n) is 1.71. The monoisotopic (exact) mass is 204 g/mol. The molecule has 0 spiro atoms. The highest BCUT2D eigenvalue weighted by Gasteiger charge is 2.08. The van der Waals surface area contributed by atoms with E-state index in [9.17, 15) is 0 Å². The molecule has 0 aliphatic carbocycles. The van der Waals surface area contributed by atoms with Crippen molar-refractivity contribution in [1.29, 1.82) is 0 Å². The van der Waals surface area contributed by atoms with Gasteiger partial charge in [0, 0.05) is 6.54 Å². The van der Waals surface area contributed by atoms with Crippen LogP contribution < -0.4 is 10.1 Å². The minimum Gasteiger partial charge on any atom is -0.485 e. The molecule has 1 heterocycles. The van der Waals surface area contributed by atoms with Gasteiger partial charge in [-0.1, -0.05) is 18.2 Å². The third-order valence-electron chi connectivity index (χ3n) is 2.51. The predicted molar refractivity (Wildman–Crippen MR) is 61.7 cm³/mol. The summed E-state index contributed by atoms with van der Waals surface area (Å²) in [6, 6.07) is 6.17. The lowest BCUT2D eigenvalue weighted by atomic mass is 10.1. The Bertz CT molecular complexity index is 365. The Morgan fingerprint density at radius 1 is 1.33 bits per heavy atom. The topological polar surface area (TPSA) is 33.6 Å². The maximum Gasteiger partial charge on any atom is 0.145 e. The van der Waals surface area contributed by atoms with E-state index in [-0.39, 0.29) is 0 Å². The molecular weight excluding hydrogens is 188 g/mol. The van der Waals surface area contributed by atoms with Crippen LogP contribution in [0.25, 0.3) is 0 Å². The van der Waals surface area contributed by atoms with E-state index >= 15 is 0 Å². The summed E-state index contributed by atoms with van der Waals surface area (Å²) in [5, 5.41) is 3.19. The molecule has 80 valence electrons. The van der Waals surface area contributed by atoms with Crippen LogP contribution in [0.5, 0.6) is 5.75 Å². The van der Waals surface area contributed by atoms with Crippen molar-refractivity contribution in [3.63, 3.8) is 0 Å². The second kappa shape index (κ2) is 4.34. The van der Waals surface area contributed by atoms with E-state index in [4.69, 9.17) is 4.74 Å². The van der Waals surface area contributed by atoms with Crippen LogP contribution in [0.2, 0.25) is 0 Å². The molecule has 1 aliphatic heterocycles. The number of benzene rings is 1. The Balaban J connectivity index is 2.04. The molecule has 1 N–H and O–H groups in total. The van der Waals surface area contributed by atoms with Crippen molar-refractivity contribution in [2.45, 2.75) is 13.8 Å². The van der Waals surface area contributed by atoms with Gasteiger partial charge in [-0.25, -0.2) is 0 Å². The van der Waals surface area contributed by atoms with Crippen molar-refractivity contribution in [2.75, 3.05) is 19.7 Å². The lowest BCUT2D eigenvalue weighted by Gasteiger charge is -2.11. The van der Waals surface area contributed by atoms with E-state index in [1.807, 2.05) is 6.07 Å². The zero-order chi connectivity index (χ0) is 10.7. The SMILES string of the molecule is Cc1cccc(C)c1OCC1=NCCN1. The second-order valence-corrected chi connectivity index (χ2v) is 3.76. The Kier molecular flexibility index (Phi) is 2.90. The van der Waals surface area contributed by atoms with Gasteiger partial charge in [-0.3, -0.25) is 4.99 Å². The van der Waals surface area contributed by atoms with Gasteiger partial charge in [-0.15, -0.1) is 0 Å². The normalized spacial score (nSPS) is 14.7. The fourth-order valence-corrected chi connectivity index (χ4v) is 1.71. The average Bonchev–Trinajstić information content (AvgIpc) is 2.70. The quantitative estimate of drug-likeness (QED) is 0.812. The summed E-state index contributed by atoms with van der Waals surface area (Å²) in [6.45, 7) is 6.47. The molecular formula is C12H16N2O. The van der Waals surface area contributed by atoms with Crippen molar-refractivity contribution in [3.8, 4) is 5.75 Å². The van der Waals surface area contributed by atoms with Crippen LogP contribution in [0.4, 0.5) is 0 Å². The molecule has 3 heteroatoms. The zero-order valence-corrected chi connectivity index (χ0v) is 9.21. The Morgan fingerprint density at radius 2 is 2.07 bits per heavy atom. The maximum atomic E-state index is 5.76. The number of hydrogen-bond donors (Lipinski definition) is 1. The van der Waals surface area contributed by atoms with Crippen LogP contribution >= 0.6 is 0 Å². The van der Waals surface area contributed by atoms with Crippen LogP contribution in [0.15, 0.2) is 23.2 Å². The first-order valence-electron chi connectivity index (χ1n) is 5.23. The van der Waals surface area contributed by atoms with Gasteiger partial charge in [0.25, 0.3) is 0 Å². The minimum absolute atomic E-state index is 0.547. The van der Waals surface area contributed by atoms with Gasteiger partial charge in [0.05, 0.1) is 6.54 Å². The summed E-state index contributed by atoms with van der Waals surface area (Å²) in [4.78, 5) is 4.29. The molecule has 0 radical (unpaired) electrons. The van der Waals surface area contributed by atoms with Crippen LogP contribution in [0.3, 0.4) is 0 Å². The number of para-hydroxylation sites is 1. The zero-order valence-electron chi connectivity index (χ0n) is 9.21. The van der Waals surface area contributed by atoms with E-state index < -0.39 is 0 Å². The molecule has 2 rings (SSSR count). The van der Waals surface area contributed by atoms with E-state index in [2.05, 4.69) is 36.3 Å². The summed E-state index contributed by atoms with van der Waals surface area (Å²) in [7, 11) is 0. The molecule has 1 aromatic carbocycles. The molecule has 0 bridgehead atoms. The highest BCUT2D eigenvalue weighted by molar-refractivity contribution is 5.85. The predicted octanol–water partition coefficient (Wildman–Crippen LogP) is 1.68. The largest absolute Gasteiger partial charge is 0.485 e. The molecule has 0 aromatic heterocycles. The number of nitrogens with zero attached hydrogens (tertiary/aromatic N) is 1. The van der Waals surface area contributed by atoms with Gasteiger partial charge in [0.15, 0.2) is 0 Å². The third kappa shape index (κ3) is 2.29. The summed E-state index contributed by atoms with van der Waals surface area (Å²) in [5.74, 6) is 1.94. The Hall–Kier alpha value is -1.51. The number of ether oxygens (including phenoxy) is 1. The first-order chi connectivity index (χ1) is 7.27. The van der Waals surface area contributed by atoms with Gasteiger partial charge >= 0.3 is 0 Å². The van der Waals surface area contributed by atoms with E-state index in [0.717, 1.165) is 24.7 Å². The standard InChI is InChI=1S/C12H16N2O/c1-9-4-3-5-10(2)12(9)15-8-11-13-6-7-14-11/h3-5H,6-8H2,1-2H3,(H,13,14). The molecule has 3 nitrogen and oxygen atoms in total. The average molecular weight is 204 g/mol. The van der Waals surface area contributed by atoms with Gasteiger partial charge in [-0.05, 0) is 25.0 Å². The highest BCUT2D eigenvalue weighted by Crippen LogP contribution is 2.22. The van der Waals surface area contributed by atoms with Crippen molar-refractivity contribution >= 4 is 5.84 Å². The van der Waals surface area contributed by atoms with Gasteiger partial charge in [-0.2, -0.15) is 0 Å². The van der Waals surface area contributed by atoms with E-state index in [1.54, 1.807) is 0 Å². The number of rotatable bonds is 3. The summed E-state index contributed by atoms with van der Waals surface area (Å²) in [6.07, 6.45) is 0. The smallest absolute Gasteiger partial charge is 0.145 e. The van der Waals surface area contributed by atoms with Gasteiger partial charge in [0.1, 0.15) is 18.2 Å². The molecule has 0 saturated carbocycles. The first kappa shape index (κ1) is 10.0. The second-order valence-electron chi connectivity index (χ2n) is 3.76. The van der Waals surface area contributed by atoms with Crippen LogP contribution in [0.1, 0.15) is 11.1 Å². The first-order valence-corrected chi connectivity index (χ1v) is 5.23. The van der Waals surface area contributed by atoms with Crippen molar-refractivity contribution in [1.82, 2.24) is 5.32 Å². The lowest BCUT2D eigenvalue weighted by Crippen LogP contribution is -2.25. The lowest BCUT2D eigenvalue weighted by molar-refractivity contribution is 0.368. The fraction of sp³-hybridized carbons (Fsp3) is 0.417. The van der Waals surface area contributed by atoms with Gasteiger partial charge < -0.3 is 10.1 Å². The minimum atomic E-state index is 0.547. The van der Waals surface area contributed by atoms with Crippen molar-refractivity contribution in [2.24, 2.45) is 4.99 Å². The molecule has 1 aromatic rings. The summed E-state index contributed by atoms with van der Waals surface area (Å²) < 4.78 is 5.76. The molecule has 0 saturated heterocycles. The summed E-state index contributed by atoms with van der Waals surface area (Å²) >= 11 is 0. The number of aryl methyl sites for hydroxylation is 2. The van der Waals surface area contributed by atoms with Crippen molar-refractivity contribution < 1.29 is 4.74 Å². The van der Waals surface area contributed by atoms with Crippen molar-refractivity contribution in [3.05, 3.63) is 29.3 Å². The van der Waals surface area contributed by atoms with E-state index in [1.165, 1.54) is 11.1 Å². The van der Waals surface area contributed by atoms with Crippen LogP contribution in [-0.4, -0.2) is 25.5 Å². The highest BCUT2D eigenvalue weighted by atomic mass is 16.5. The van der Waals surface area contributed by atoms with E-state index in [0.29, 0.717) is 6.61 Å². The van der Waals surface area contributed by atoms with Crippen LogP contribution in [-0.2, 0) is 0 Å². The summed E-state index contributed by atoms with van der Waals surface area (Å²) in [5.41, 5.74) is 2.35. The Labute approximate surface area is 90.2 Å². The molecule has 0 amide bonds.